The van der Waals surface area contributed by atoms with Crippen LogP contribution in [-0.4, -0.2) is 5.11 Å². The summed E-state index contributed by atoms with van der Waals surface area (Å²) in [4.78, 5) is 0. The van der Waals surface area contributed by atoms with Gasteiger partial charge < -0.3 is 5.11 Å². The van der Waals surface area contributed by atoms with Crippen LogP contribution < -0.4 is 0 Å². The Hall–Kier alpha value is -1.24. The van der Waals surface area contributed by atoms with Gasteiger partial charge in [-0.2, -0.15) is 0 Å². The van der Waals surface area contributed by atoms with Gasteiger partial charge in [0.1, 0.15) is 5.75 Å². The molecule has 0 atom stereocenters. The third-order valence-electron chi connectivity index (χ3n) is 1.82. The zero-order chi connectivity index (χ0) is 9.14. The van der Waals surface area contributed by atoms with Crippen molar-refractivity contribution in [1.29, 1.82) is 0 Å². The lowest BCUT2D eigenvalue weighted by molar-refractivity contribution is 0.469. The van der Waals surface area contributed by atoms with Crippen LogP contribution in [0.4, 0.5) is 0 Å². The van der Waals surface area contributed by atoms with Gasteiger partial charge in [-0.25, -0.2) is 0 Å². The summed E-state index contributed by atoms with van der Waals surface area (Å²) < 4.78 is 0. The van der Waals surface area contributed by atoms with Crippen molar-refractivity contribution < 1.29 is 5.11 Å². The topological polar surface area (TPSA) is 20.2 Å². The summed E-state index contributed by atoms with van der Waals surface area (Å²) in [6, 6.07) is 3.95. The van der Waals surface area contributed by atoms with E-state index in [0.717, 1.165) is 11.1 Å². The van der Waals surface area contributed by atoms with Crippen LogP contribution >= 0.6 is 0 Å². The van der Waals surface area contributed by atoms with Crippen LogP contribution in [0.1, 0.15) is 23.6 Å². The molecule has 0 bridgehead atoms. The molecule has 0 saturated carbocycles. The van der Waals surface area contributed by atoms with E-state index in [0.29, 0.717) is 5.75 Å². The van der Waals surface area contributed by atoms with Crippen molar-refractivity contribution >= 4 is 6.08 Å². The smallest absolute Gasteiger partial charge is 0.125 e. The first kappa shape index (κ1) is 8.85. The second-order valence-corrected chi connectivity index (χ2v) is 3.02. The lowest BCUT2D eigenvalue weighted by atomic mass is 10.1. The molecule has 0 aliphatic rings. The Bertz CT molecular complexity index is 311. The Balaban J connectivity index is 3.27. The average molecular weight is 162 g/mol. The summed E-state index contributed by atoms with van der Waals surface area (Å²) in [5.74, 6) is 0.388. The molecule has 1 N–H and O–H groups in total. The van der Waals surface area contributed by atoms with Crippen molar-refractivity contribution in [3.63, 3.8) is 0 Å². The number of hydrogen-bond acceptors (Lipinski definition) is 1. The molecular weight excluding hydrogens is 148 g/mol. The molecule has 12 heavy (non-hydrogen) atoms. The molecule has 0 aromatic heterocycles. The highest BCUT2D eigenvalue weighted by Crippen LogP contribution is 2.24. The number of rotatable bonds is 1. The molecule has 0 aliphatic carbocycles. The number of phenolic OH excluding ortho intramolecular Hbond substituents is 1. The number of phenols is 1. The molecule has 0 aliphatic heterocycles. The fourth-order valence-corrected chi connectivity index (χ4v) is 1.30. The highest BCUT2D eigenvalue weighted by atomic mass is 16.3. The molecule has 0 heterocycles. The lowest BCUT2D eigenvalue weighted by Gasteiger charge is -2.04. The number of aromatic hydroxyl groups is 1. The van der Waals surface area contributed by atoms with Gasteiger partial charge in [0, 0.05) is 5.56 Å². The number of benzene rings is 1. The van der Waals surface area contributed by atoms with Gasteiger partial charge in [0.25, 0.3) is 0 Å². The van der Waals surface area contributed by atoms with E-state index in [9.17, 15) is 5.11 Å². The molecule has 0 saturated heterocycles. The summed E-state index contributed by atoms with van der Waals surface area (Å²) >= 11 is 0. The SMILES string of the molecule is CC=Cc1cc(C)cc(C)c1O. The third-order valence-corrected chi connectivity index (χ3v) is 1.82. The Morgan fingerprint density at radius 2 is 1.92 bits per heavy atom. The molecule has 0 amide bonds. The molecule has 0 spiro atoms. The quantitative estimate of drug-likeness (QED) is 0.673. The first-order valence-electron chi connectivity index (χ1n) is 4.08. The van der Waals surface area contributed by atoms with Crippen molar-refractivity contribution in [3.05, 3.63) is 34.9 Å². The van der Waals surface area contributed by atoms with Crippen LogP contribution in [0, 0.1) is 13.8 Å². The van der Waals surface area contributed by atoms with Gasteiger partial charge in [0.05, 0.1) is 0 Å². The predicted molar refractivity (Wildman–Crippen MR) is 52.3 cm³/mol. The van der Waals surface area contributed by atoms with Crippen molar-refractivity contribution in [2.75, 3.05) is 0 Å². The average Bonchev–Trinajstić information content (AvgIpc) is 2.00. The second kappa shape index (κ2) is 3.44. The van der Waals surface area contributed by atoms with E-state index in [1.807, 2.05) is 45.1 Å². The molecule has 1 rings (SSSR count). The van der Waals surface area contributed by atoms with Crippen LogP contribution in [0.2, 0.25) is 0 Å². The van der Waals surface area contributed by atoms with E-state index >= 15 is 0 Å². The highest BCUT2D eigenvalue weighted by Gasteiger charge is 2.01. The van der Waals surface area contributed by atoms with Gasteiger partial charge in [-0.1, -0.05) is 23.8 Å². The van der Waals surface area contributed by atoms with Crippen molar-refractivity contribution in [3.8, 4) is 5.75 Å². The molecule has 0 radical (unpaired) electrons. The molecule has 0 fully saturated rings. The lowest BCUT2D eigenvalue weighted by Crippen LogP contribution is -1.82. The normalized spacial score (nSPS) is 10.9. The molecule has 1 aromatic carbocycles. The monoisotopic (exact) mass is 162 g/mol. The van der Waals surface area contributed by atoms with Crippen LogP contribution in [-0.2, 0) is 0 Å². The van der Waals surface area contributed by atoms with Crippen LogP contribution in [0.15, 0.2) is 18.2 Å². The molecular formula is C11H14O. The third kappa shape index (κ3) is 1.67. The molecule has 1 heteroatoms. The van der Waals surface area contributed by atoms with Crippen molar-refractivity contribution in [2.24, 2.45) is 0 Å². The minimum atomic E-state index is 0.388. The maximum atomic E-state index is 9.60. The fraction of sp³-hybridized carbons (Fsp3) is 0.273. The van der Waals surface area contributed by atoms with Gasteiger partial charge in [0.15, 0.2) is 0 Å². The molecule has 1 aromatic rings. The van der Waals surface area contributed by atoms with Gasteiger partial charge in [-0.15, -0.1) is 0 Å². The minimum Gasteiger partial charge on any atom is -0.507 e. The number of aryl methyl sites for hydroxylation is 2. The Morgan fingerprint density at radius 3 is 2.50 bits per heavy atom. The fourth-order valence-electron chi connectivity index (χ4n) is 1.30. The van der Waals surface area contributed by atoms with Gasteiger partial charge in [-0.05, 0) is 32.4 Å². The van der Waals surface area contributed by atoms with Crippen molar-refractivity contribution in [1.82, 2.24) is 0 Å². The Kier molecular flexibility index (Phi) is 2.54. The maximum absolute atomic E-state index is 9.60. The van der Waals surface area contributed by atoms with Crippen LogP contribution in [0.3, 0.4) is 0 Å². The Morgan fingerprint density at radius 1 is 1.25 bits per heavy atom. The molecule has 64 valence electrons. The van der Waals surface area contributed by atoms with E-state index in [1.165, 1.54) is 5.56 Å². The van der Waals surface area contributed by atoms with Crippen molar-refractivity contribution in [2.45, 2.75) is 20.8 Å². The maximum Gasteiger partial charge on any atom is 0.125 e. The van der Waals surface area contributed by atoms with Gasteiger partial charge in [0.2, 0.25) is 0 Å². The van der Waals surface area contributed by atoms with E-state index in [4.69, 9.17) is 0 Å². The zero-order valence-corrected chi connectivity index (χ0v) is 7.76. The van der Waals surface area contributed by atoms with Crippen LogP contribution in [0.5, 0.6) is 5.75 Å². The summed E-state index contributed by atoms with van der Waals surface area (Å²) in [5, 5.41) is 9.60. The van der Waals surface area contributed by atoms with E-state index < -0.39 is 0 Å². The number of allylic oxidation sites excluding steroid dienone is 1. The molecule has 1 nitrogen and oxygen atoms in total. The minimum absolute atomic E-state index is 0.388. The van der Waals surface area contributed by atoms with E-state index in [1.54, 1.807) is 0 Å². The first-order valence-corrected chi connectivity index (χ1v) is 4.08. The van der Waals surface area contributed by atoms with Crippen LogP contribution in [0.25, 0.3) is 6.08 Å². The summed E-state index contributed by atoms with van der Waals surface area (Å²) in [5.41, 5.74) is 3.01. The summed E-state index contributed by atoms with van der Waals surface area (Å²) in [7, 11) is 0. The number of hydrogen-bond donors (Lipinski definition) is 1. The largest absolute Gasteiger partial charge is 0.507 e. The summed E-state index contributed by atoms with van der Waals surface area (Å²) in [6.07, 6.45) is 3.84. The zero-order valence-electron chi connectivity index (χ0n) is 7.76. The highest BCUT2D eigenvalue weighted by molar-refractivity contribution is 5.60. The summed E-state index contributed by atoms with van der Waals surface area (Å²) in [6.45, 7) is 5.88. The predicted octanol–water partition coefficient (Wildman–Crippen LogP) is 3.04. The first-order chi connectivity index (χ1) is 5.65. The second-order valence-electron chi connectivity index (χ2n) is 3.02. The standard InChI is InChI=1S/C11H14O/c1-4-5-10-7-8(2)6-9(3)11(10)12/h4-7,12H,1-3H3. The van der Waals surface area contributed by atoms with Gasteiger partial charge in [-0.3, -0.25) is 0 Å². The van der Waals surface area contributed by atoms with E-state index in [2.05, 4.69) is 0 Å². The van der Waals surface area contributed by atoms with Gasteiger partial charge >= 0.3 is 0 Å². The Labute approximate surface area is 73.4 Å². The molecule has 0 unspecified atom stereocenters. The van der Waals surface area contributed by atoms with E-state index in [-0.39, 0.29) is 0 Å².